The quantitative estimate of drug-likeness (QED) is 0.746. The van der Waals surface area contributed by atoms with Crippen LogP contribution in [0.25, 0.3) is 0 Å². The molecule has 0 aliphatic heterocycles. The zero-order chi connectivity index (χ0) is 15.2. The highest BCUT2D eigenvalue weighted by Gasteiger charge is 2.17. The van der Waals surface area contributed by atoms with Crippen LogP contribution < -0.4 is 4.74 Å². The molecular weight excluding hydrogens is 338 g/mol. The molecule has 0 radical (unpaired) electrons. The Kier molecular flexibility index (Phi) is 5.32. The SMILES string of the molecule is CCOC(=O)c1nnn(CCOc2cccc(Br)c2)c1C. The number of esters is 1. The second-order valence-electron chi connectivity index (χ2n) is 4.27. The van der Waals surface area contributed by atoms with E-state index in [9.17, 15) is 4.79 Å². The molecule has 2 aromatic rings. The Bertz CT molecular complexity index is 628. The van der Waals surface area contributed by atoms with Crippen LogP contribution in [0.15, 0.2) is 28.7 Å². The van der Waals surface area contributed by atoms with Crippen molar-refractivity contribution in [1.29, 1.82) is 0 Å². The number of carbonyl (C=O) groups excluding carboxylic acids is 1. The summed E-state index contributed by atoms with van der Waals surface area (Å²) in [5.74, 6) is 0.321. The second kappa shape index (κ2) is 7.21. The van der Waals surface area contributed by atoms with Crippen molar-refractivity contribution in [2.75, 3.05) is 13.2 Å². The molecule has 6 nitrogen and oxygen atoms in total. The average molecular weight is 354 g/mol. The van der Waals surface area contributed by atoms with E-state index in [1.807, 2.05) is 24.3 Å². The van der Waals surface area contributed by atoms with Crippen molar-refractivity contribution in [2.24, 2.45) is 0 Å². The monoisotopic (exact) mass is 353 g/mol. The van der Waals surface area contributed by atoms with Crippen LogP contribution in [-0.2, 0) is 11.3 Å². The van der Waals surface area contributed by atoms with Crippen LogP contribution in [0.1, 0.15) is 23.1 Å². The lowest BCUT2D eigenvalue weighted by molar-refractivity contribution is 0.0518. The van der Waals surface area contributed by atoms with Gasteiger partial charge in [-0.2, -0.15) is 0 Å². The highest BCUT2D eigenvalue weighted by molar-refractivity contribution is 9.10. The Hall–Kier alpha value is -1.89. The van der Waals surface area contributed by atoms with Crippen molar-refractivity contribution in [1.82, 2.24) is 15.0 Å². The van der Waals surface area contributed by atoms with Gasteiger partial charge in [-0.05, 0) is 32.0 Å². The number of benzene rings is 1. The smallest absolute Gasteiger partial charge is 0.360 e. The van der Waals surface area contributed by atoms with Gasteiger partial charge in [-0.1, -0.05) is 27.2 Å². The molecule has 0 atom stereocenters. The van der Waals surface area contributed by atoms with Gasteiger partial charge in [-0.25, -0.2) is 9.48 Å². The lowest BCUT2D eigenvalue weighted by Crippen LogP contribution is -2.12. The summed E-state index contributed by atoms with van der Waals surface area (Å²) in [4.78, 5) is 11.6. The largest absolute Gasteiger partial charge is 0.492 e. The van der Waals surface area contributed by atoms with Gasteiger partial charge in [0, 0.05) is 4.47 Å². The average Bonchev–Trinajstić information content (AvgIpc) is 2.81. The summed E-state index contributed by atoms with van der Waals surface area (Å²) in [7, 11) is 0. The van der Waals surface area contributed by atoms with E-state index in [0.717, 1.165) is 10.2 Å². The van der Waals surface area contributed by atoms with E-state index in [2.05, 4.69) is 26.2 Å². The van der Waals surface area contributed by atoms with Crippen molar-refractivity contribution in [2.45, 2.75) is 20.4 Å². The number of aromatic nitrogens is 3. The van der Waals surface area contributed by atoms with Crippen LogP contribution in [-0.4, -0.2) is 34.2 Å². The number of nitrogens with zero attached hydrogens (tertiary/aromatic N) is 3. The Morgan fingerprint density at radius 3 is 2.95 bits per heavy atom. The molecule has 1 aromatic heterocycles. The summed E-state index contributed by atoms with van der Waals surface area (Å²) >= 11 is 3.39. The van der Waals surface area contributed by atoms with Crippen LogP contribution in [0.3, 0.4) is 0 Å². The van der Waals surface area contributed by atoms with E-state index in [-0.39, 0.29) is 5.69 Å². The summed E-state index contributed by atoms with van der Waals surface area (Å²) in [6, 6.07) is 7.60. The molecule has 0 N–H and O–H groups in total. The summed E-state index contributed by atoms with van der Waals surface area (Å²) in [5, 5.41) is 7.79. The van der Waals surface area contributed by atoms with E-state index in [4.69, 9.17) is 9.47 Å². The second-order valence-corrected chi connectivity index (χ2v) is 5.19. The van der Waals surface area contributed by atoms with Gasteiger partial charge in [0.2, 0.25) is 0 Å². The van der Waals surface area contributed by atoms with Crippen molar-refractivity contribution in [3.63, 3.8) is 0 Å². The van der Waals surface area contributed by atoms with Crippen molar-refractivity contribution < 1.29 is 14.3 Å². The van der Waals surface area contributed by atoms with Crippen LogP contribution in [0.2, 0.25) is 0 Å². The first kappa shape index (κ1) is 15.5. The number of rotatable bonds is 6. The fraction of sp³-hybridized carbons (Fsp3) is 0.357. The number of ether oxygens (including phenoxy) is 2. The fourth-order valence-corrected chi connectivity index (χ4v) is 2.15. The molecule has 1 heterocycles. The maximum absolute atomic E-state index is 11.6. The van der Waals surface area contributed by atoms with Gasteiger partial charge in [0.25, 0.3) is 0 Å². The summed E-state index contributed by atoms with van der Waals surface area (Å²) in [6.07, 6.45) is 0. The molecule has 0 bridgehead atoms. The lowest BCUT2D eigenvalue weighted by atomic mass is 10.3. The molecule has 0 aliphatic carbocycles. The molecule has 0 unspecified atom stereocenters. The minimum atomic E-state index is -0.450. The molecule has 0 spiro atoms. The van der Waals surface area contributed by atoms with Crippen LogP contribution in [0.4, 0.5) is 0 Å². The summed E-state index contributed by atoms with van der Waals surface area (Å²) < 4.78 is 13.1. The Labute approximate surface area is 131 Å². The van der Waals surface area contributed by atoms with Crippen molar-refractivity contribution in [3.8, 4) is 5.75 Å². The maximum Gasteiger partial charge on any atom is 0.360 e. The zero-order valence-corrected chi connectivity index (χ0v) is 13.5. The fourth-order valence-electron chi connectivity index (χ4n) is 1.77. The lowest BCUT2D eigenvalue weighted by Gasteiger charge is -2.07. The van der Waals surface area contributed by atoms with Crippen LogP contribution in [0, 0.1) is 6.92 Å². The molecule has 112 valence electrons. The van der Waals surface area contributed by atoms with Crippen molar-refractivity contribution in [3.05, 3.63) is 40.1 Å². The van der Waals surface area contributed by atoms with Gasteiger partial charge in [-0.15, -0.1) is 5.10 Å². The van der Waals surface area contributed by atoms with E-state index in [1.54, 1.807) is 18.5 Å². The predicted molar refractivity (Wildman–Crippen MR) is 80.4 cm³/mol. The van der Waals surface area contributed by atoms with Gasteiger partial charge < -0.3 is 9.47 Å². The van der Waals surface area contributed by atoms with Gasteiger partial charge in [0.05, 0.1) is 18.8 Å². The number of hydrogen-bond donors (Lipinski definition) is 0. The van der Waals surface area contributed by atoms with Gasteiger partial charge in [0.15, 0.2) is 5.69 Å². The third-order valence-electron chi connectivity index (χ3n) is 2.82. The van der Waals surface area contributed by atoms with Gasteiger partial charge >= 0.3 is 5.97 Å². The van der Waals surface area contributed by atoms with Gasteiger partial charge in [0.1, 0.15) is 12.4 Å². The van der Waals surface area contributed by atoms with Gasteiger partial charge in [-0.3, -0.25) is 0 Å². The molecule has 1 aromatic carbocycles. The van der Waals surface area contributed by atoms with E-state index >= 15 is 0 Å². The number of hydrogen-bond acceptors (Lipinski definition) is 5. The minimum Gasteiger partial charge on any atom is -0.492 e. The highest BCUT2D eigenvalue weighted by Crippen LogP contribution is 2.17. The van der Waals surface area contributed by atoms with Crippen LogP contribution >= 0.6 is 15.9 Å². The standard InChI is InChI=1S/C14H16BrN3O3/c1-3-20-14(19)13-10(2)18(17-16-13)7-8-21-12-6-4-5-11(15)9-12/h4-6,9H,3,7-8H2,1-2H3. The van der Waals surface area contributed by atoms with Crippen LogP contribution in [0.5, 0.6) is 5.75 Å². The topological polar surface area (TPSA) is 66.2 Å². The number of carbonyl (C=O) groups is 1. The van der Waals surface area contributed by atoms with E-state index < -0.39 is 5.97 Å². The van der Waals surface area contributed by atoms with E-state index in [0.29, 0.717) is 25.5 Å². The Morgan fingerprint density at radius 1 is 1.43 bits per heavy atom. The highest BCUT2D eigenvalue weighted by atomic mass is 79.9. The normalized spacial score (nSPS) is 10.4. The molecule has 0 aliphatic rings. The number of halogens is 1. The Morgan fingerprint density at radius 2 is 2.24 bits per heavy atom. The third kappa shape index (κ3) is 4.04. The Balaban J connectivity index is 1.93. The minimum absolute atomic E-state index is 0.249. The molecule has 7 heteroatoms. The summed E-state index contributed by atoms with van der Waals surface area (Å²) in [5.41, 5.74) is 0.922. The van der Waals surface area contributed by atoms with Crippen molar-refractivity contribution >= 4 is 21.9 Å². The first-order valence-corrected chi connectivity index (χ1v) is 7.36. The molecule has 2 rings (SSSR count). The third-order valence-corrected chi connectivity index (χ3v) is 3.31. The molecule has 0 saturated carbocycles. The summed E-state index contributed by atoms with van der Waals surface area (Å²) in [6.45, 7) is 4.79. The zero-order valence-electron chi connectivity index (χ0n) is 11.9. The molecule has 21 heavy (non-hydrogen) atoms. The molecule has 0 amide bonds. The van der Waals surface area contributed by atoms with E-state index in [1.165, 1.54) is 0 Å². The molecular formula is C14H16BrN3O3. The maximum atomic E-state index is 11.6. The predicted octanol–water partition coefficient (Wildman–Crippen LogP) is 2.60. The first-order valence-electron chi connectivity index (χ1n) is 6.57. The first-order chi connectivity index (χ1) is 10.1. The molecule has 0 fully saturated rings. The molecule has 0 saturated heterocycles.